The number of anilines is 1. The Morgan fingerprint density at radius 1 is 0.947 bits per heavy atom. The Morgan fingerprint density at radius 2 is 1.68 bits per heavy atom. The minimum absolute atomic E-state index is 0.163. The van der Waals surface area contributed by atoms with Crippen LogP contribution in [0.4, 0.5) is 10.5 Å². The smallest absolute Gasteiger partial charge is 0.335 e. The van der Waals surface area contributed by atoms with Crippen LogP contribution in [0.1, 0.15) is 45.9 Å². The summed E-state index contributed by atoms with van der Waals surface area (Å²) < 4.78 is 0. The molecule has 2 amide bonds. The molecule has 0 bridgehead atoms. The third-order valence-electron chi connectivity index (χ3n) is 7.65. The molecule has 194 valence electrons. The molecule has 0 spiro atoms. The molecule has 38 heavy (non-hydrogen) atoms. The average Bonchev–Trinajstić information content (AvgIpc) is 3.37. The second-order valence-electron chi connectivity index (χ2n) is 10.1. The number of urea groups is 1. The van der Waals surface area contributed by atoms with E-state index in [0.717, 1.165) is 12.1 Å². The summed E-state index contributed by atoms with van der Waals surface area (Å²) in [5.41, 5.74) is 4.06. The number of carboxylic acids is 1. The molecule has 1 aliphatic rings. The van der Waals surface area contributed by atoms with Gasteiger partial charge in [0, 0.05) is 37.3 Å². The fraction of sp³-hybridized carbons (Fsp3) is 0.250. The maximum absolute atomic E-state index is 13.3. The Labute approximate surface area is 223 Å². The minimum atomic E-state index is -0.982. The van der Waals surface area contributed by atoms with Crippen LogP contribution >= 0.6 is 0 Å². The zero-order valence-corrected chi connectivity index (χ0v) is 21.7. The van der Waals surface area contributed by atoms with Crippen LogP contribution in [0.3, 0.4) is 0 Å². The van der Waals surface area contributed by atoms with E-state index >= 15 is 0 Å². The number of hydrogen-bond donors (Lipinski definition) is 3. The summed E-state index contributed by atoms with van der Waals surface area (Å²) in [4.78, 5) is 26.4. The van der Waals surface area contributed by atoms with Crippen molar-refractivity contribution in [3.05, 3.63) is 113 Å². The predicted octanol–water partition coefficient (Wildman–Crippen LogP) is 6.44. The fourth-order valence-electron chi connectivity index (χ4n) is 5.52. The lowest BCUT2D eigenvalue weighted by atomic mass is 9.88. The summed E-state index contributed by atoms with van der Waals surface area (Å²) >= 11 is 0. The molecule has 1 fully saturated rings. The Hall–Kier alpha value is -4.16. The third kappa shape index (κ3) is 5.41. The normalized spacial score (nSPS) is 17.9. The standard InChI is InChI=1S/C32H33N3O3/c1-21-17-25(31(36)37)15-16-30(21)34-32(38)35-19-26(29(20-35)24-9-4-3-5-10-24)18-33-22(2)27-14-8-12-23-11-6-7-13-28(23)27/h3-17,22,26,29,33H,18-20H2,1-2H3,(H,34,38)(H,36,37)/t22-,26-,29-/m1/s1. The first-order valence-corrected chi connectivity index (χ1v) is 13.1. The van der Waals surface area contributed by atoms with Crippen molar-refractivity contribution in [3.63, 3.8) is 0 Å². The highest BCUT2D eigenvalue weighted by atomic mass is 16.4. The van der Waals surface area contributed by atoms with Gasteiger partial charge in [-0.2, -0.15) is 0 Å². The summed E-state index contributed by atoms with van der Waals surface area (Å²) in [6, 6.07) is 30.0. The van der Waals surface area contributed by atoms with Gasteiger partial charge in [0.25, 0.3) is 0 Å². The molecule has 3 atom stereocenters. The summed E-state index contributed by atoms with van der Waals surface area (Å²) in [5.74, 6) is -0.523. The molecule has 0 radical (unpaired) electrons. The number of rotatable bonds is 7. The van der Waals surface area contributed by atoms with Gasteiger partial charge in [-0.3, -0.25) is 0 Å². The maximum Gasteiger partial charge on any atom is 0.335 e. The number of benzene rings is 4. The number of likely N-dealkylation sites (tertiary alicyclic amines) is 1. The van der Waals surface area contributed by atoms with E-state index in [-0.39, 0.29) is 29.5 Å². The Kier molecular flexibility index (Phi) is 7.43. The summed E-state index contributed by atoms with van der Waals surface area (Å²) in [7, 11) is 0. The lowest BCUT2D eigenvalue weighted by Crippen LogP contribution is -2.34. The van der Waals surface area contributed by atoms with Crippen molar-refractivity contribution in [2.45, 2.75) is 25.8 Å². The zero-order valence-electron chi connectivity index (χ0n) is 21.7. The Morgan fingerprint density at radius 3 is 2.45 bits per heavy atom. The van der Waals surface area contributed by atoms with E-state index in [1.807, 2.05) is 11.0 Å². The number of fused-ring (bicyclic) bond motifs is 1. The molecule has 3 N–H and O–H groups in total. The first kappa shape index (κ1) is 25.5. The lowest BCUT2D eigenvalue weighted by molar-refractivity contribution is 0.0696. The van der Waals surface area contributed by atoms with Crippen molar-refractivity contribution >= 4 is 28.5 Å². The van der Waals surface area contributed by atoms with Crippen LogP contribution in [0.2, 0.25) is 0 Å². The van der Waals surface area contributed by atoms with E-state index in [9.17, 15) is 14.7 Å². The average molecular weight is 508 g/mol. The quantitative estimate of drug-likeness (QED) is 0.269. The molecule has 0 unspecified atom stereocenters. The van der Waals surface area contributed by atoms with Gasteiger partial charge in [-0.05, 0) is 65.4 Å². The molecule has 0 aliphatic carbocycles. The van der Waals surface area contributed by atoms with Crippen molar-refractivity contribution in [3.8, 4) is 0 Å². The Balaban J connectivity index is 1.31. The first-order chi connectivity index (χ1) is 18.4. The molecule has 6 heteroatoms. The van der Waals surface area contributed by atoms with Crippen LogP contribution in [-0.4, -0.2) is 41.6 Å². The zero-order chi connectivity index (χ0) is 26.6. The van der Waals surface area contributed by atoms with Gasteiger partial charge >= 0.3 is 12.0 Å². The van der Waals surface area contributed by atoms with Crippen molar-refractivity contribution in [2.24, 2.45) is 5.92 Å². The highest BCUT2D eigenvalue weighted by Gasteiger charge is 2.36. The molecule has 1 saturated heterocycles. The van der Waals surface area contributed by atoms with Gasteiger partial charge in [-0.1, -0.05) is 72.8 Å². The van der Waals surface area contributed by atoms with E-state index in [0.29, 0.717) is 18.8 Å². The van der Waals surface area contributed by atoms with E-state index in [2.05, 4.69) is 84.3 Å². The molecule has 6 nitrogen and oxygen atoms in total. The SMILES string of the molecule is Cc1cc(C(=O)O)ccc1NC(=O)N1C[C@@H](CN[C@H](C)c2cccc3ccccc23)[C@@H](c2ccccc2)C1. The second kappa shape index (κ2) is 11.1. The van der Waals surface area contributed by atoms with Gasteiger partial charge in [-0.15, -0.1) is 0 Å². The number of nitrogens with zero attached hydrogens (tertiary/aromatic N) is 1. The van der Waals surface area contributed by atoms with Crippen LogP contribution < -0.4 is 10.6 Å². The number of carboxylic acid groups (broad SMARTS) is 1. The molecule has 1 aliphatic heterocycles. The molecule has 4 aromatic carbocycles. The van der Waals surface area contributed by atoms with Gasteiger partial charge < -0.3 is 20.6 Å². The van der Waals surface area contributed by atoms with Crippen molar-refractivity contribution in [1.29, 1.82) is 0 Å². The summed E-state index contributed by atoms with van der Waals surface area (Å²) in [6.07, 6.45) is 0. The van der Waals surface area contributed by atoms with Crippen LogP contribution in [-0.2, 0) is 0 Å². The van der Waals surface area contributed by atoms with Crippen LogP contribution in [0.25, 0.3) is 10.8 Å². The van der Waals surface area contributed by atoms with Gasteiger partial charge in [-0.25, -0.2) is 9.59 Å². The first-order valence-electron chi connectivity index (χ1n) is 13.1. The summed E-state index contributed by atoms with van der Waals surface area (Å²) in [5, 5.41) is 18.5. The number of nitrogens with one attached hydrogen (secondary N) is 2. The predicted molar refractivity (Wildman–Crippen MR) is 152 cm³/mol. The molecule has 4 aromatic rings. The molecule has 0 aromatic heterocycles. The van der Waals surface area contributed by atoms with E-state index in [1.54, 1.807) is 19.1 Å². The van der Waals surface area contributed by atoms with Crippen molar-refractivity contribution in [1.82, 2.24) is 10.2 Å². The maximum atomic E-state index is 13.3. The van der Waals surface area contributed by atoms with Gasteiger partial charge in [0.05, 0.1) is 5.56 Å². The van der Waals surface area contributed by atoms with Crippen LogP contribution in [0.5, 0.6) is 0 Å². The number of hydrogen-bond acceptors (Lipinski definition) is 3. The van der Waals surface area contributed by atoms with E-state index in [1.165, 1.54) is 28.0 Å². The second-order valence-corrected chi connectivity index (χ2v) is 10.1. The van der Waals surface area contributed by atoms with Gasteiger partial charge in [0.1, 0.15) is 0 Å². The van der Waals surface area contributed by atoms with E-state index in [4.69, 9.17) is 0 Å². The highest BCUT2D eigenvalue weighted by molar-refractivity contribution is 5.93. The van der Waals surface area contributed by atoms with Crippen LogP contribution in [0, 0.1) is 12.8 Å². The number of carbonyl (C=O) groups is 2. The topological polar surface area (TPSA) is 81.7 Å². The number of carbonyl (C=O) groups excluding carboxylic acids is 1. The molecule has 0 saturated carbocycles. The fourth-order valence-corrected chi connectivity index (χ4v) is 5.52. The number of aryl methyl sites for hydroxylation is 1. The Bertz CT molecular complexity index is 1450. The lowest BCUT2D eigenvalue weighted by Gasteiger charge is -2.23. The monoisotopic (exact) mass is 507 g/mol. The minimum Gasteiger partial charge on any atom is -0.478 e. The summed E-state index contributed by atoms with van der Waals surface area (Å²) in [6.45, 7) is 6.03. The van der Waals surface area contributed by atoms with Gasteiger partial charge in [0.15, 0.2) is 0 Å². The largest absolute Gasteiger partial charge is 0.478 e. The molecule has 5 rings (SSSR count). The third-order valence-corrected chi connectivity index (χ3v) is 7.65. The van der Waals surface area contributed by atoms with Gasteiger partial charge in [0.2, 0.25) is 0 Å². The van der Waals surface area contributed by atoms with Crippen LogP contribution in [0.15, 0.2) is 91.0 Å². The number of aromatic carboxylic acids is 1. The molecular weight excluding hydrogens is 474 g/mol. The number of amides is 2. The van der Waals surface area contributed by atoms with Crippen molar-refractivity contribution in [2.75, 3.05) is 25.0 Å². The molecular formula is C32H33N3O3. The van der Waals surface area contributed by atoms with Crippen molar-refractivity contribution < 1.29 is 14.7 Å². The highest BCUT2D eigenvalue weighted by Crippen LogP contribution is 2.34. The van der Waals surface area contributed by atoms with E-state index < -0.39 is 5.97 Å². The molecule has 1 heterocycles.